The van der Waals surface area contributed by atoms with Gasteiger partial charge in [-0.3, -0.25) is 0 Å². The van der Waals surface area contributed by atoms with Gasteiger partial charge in [0.05, 0.1) is 0 Å². The summed E-state index contributed by atoms with van der Waals surface area (Å²) in [7, 11) is 0. The van der Waals surface area contributed by atoms with Crippen LogP contribution in [0.1, 0.15) is 81.1 Å². The fourth-order valence-corrected chi connectivity index (χ4v) is 17.7. The Bertz CT molecular complexity index is 428. The molecule has 2 heteroatoms. The van der Waals surface area contributed by atoms with Gasteiger partial charge in [0, 0.05) is 0 Å². The van der Waals surface area contributed by atoms with Crippen molar-refractivity contribution in [2.24, 2.45) is 11.8 Å². The Kier molecular flexibility index (Phi) is 8.02. The molecule has 0 saturated heterocycles. The molecular formula is C21H41BSn. The summed E-state index contributed by atoms with van der Waals surface area (Å²) in [5, 5.41) is 0. The van der Waals surface area contributed by atoms with E-state index in [1.165, 1.54) is 25.7 Å². The summed E-state index contributed by atoms with van der Waals surface area (Å²) in [5.74, 6) is 2.14. The van der Waals surface area contributed by atoms with Gasteiger partial charge in [-0.25, -0.2) is 0 Å². The molecule has 0 aromatic carbocycles. The summed E-state index contributed by atoms with van der Waals surface area (Å²) in [4.78, 5) is 5.43. The third-order valence-electron chi connectivity index (χ3n) is 5.79. The van der Waals surface area contributed by atoms with E-state index in [4.69, 9.17) is 0 Å². The average Bonchev–Trinajstić information content (AvgIpc) is 2.42. The minimum atomic E-state index is -2.35. The van der Waals surface area contributed by atoms with E-state index in [-0.39, 0.29) is 0 Å². The monoisotopic (exact) mass is 424 g/mol. The first-order valence-corrected chi connectivity index (χ1v) is 18.6. The van der Waals surface area contributed by atoms with Crippen molar-refractivity contribution in [1.82, 2.24) is 0 Å². The van der Waals surface area contributed by atoms with Gasteiger partial charge in [0.25, 0.3) is 0 Å². The first-order valence-electron chi connectivity index (χ1n) is 10.1. The molecule has 0 fully saturated rings. The summed E-state index contributed by atoms with van der Waals surface area (Å²) in [6.45, 7) is 20.2. The minimum absolute atomic E-state index is 0.705. The van der Waals surface area contributed by atoms with Crippen LogP contribution in [-0.2, 0) is 0 Å². The van der Waals surface area contributed by atoms with Crippen LogP contribution in [0.2, 0.25) is 15.7 Å². The number of hydrogen-bond acceptors (Lipinski definition) is 0. The fourth-order valence-electron chi connectivity index (χ4n) is 4.99. The van der Waals surface area contributed by atoms with Crippen molar-refractivity contribution >= 4 is 25.1 Å². The predicted octanol–water partition coefficient (Wildman–Crippen LogP) is 7.28. The zero-order chi connectivity index (χ0) is 17.9. The molecule has 0 aromatic rings. The first-order chi connectivity index (χ1) is 10.6. The van der Waals surface area contributed by atoms with Crippen molar-refractivity contribution in [2.45, 2.75) is 96.8 Å². The maximum absolute atomic E-state index is 2.71. The molecule has 0 aliphatic carbocycles. The molecule has 1 aliphatic heterocycles. The van der Waals surface area contributed by atoms with Gasteiger partial charge in [-0.1, -0.05) is 0 Å². The van der Waals surface area contributed by atoms with Gasteiger partial charge >= 0.3 is 152 Å². The zero-order valence-corrected chi connectivity index (χ0v) is 20.5. The van der Waals surface area contributed by atoms with Gasteiger partial charge in [-0.2, -0.15) is 0 Å². The van der Waals surface area contributed by atoms with Crippen LogP contribution in [0.25, 0.3) is 0 Å². The molecule has 0 amide bonds. The van der Waals surface area contributed by atoms with Crippen LogP contribution in [0.15, 0.2) is 18.1 Å². The quantitative estimate of drug-likeness (QED) is 0.378. The van der Waals surface area contributed by atoms with Gasteiger partial charge < -0.3 is 0 Å². The van der Waals surface area contributed by atoms with Crippen molar-refractivity contribution in [1.29, 1.82) is 0 Å². The Morgan fingerprint density at radius 1 is 0.739 bits per heavy atom. The van der Waals surface area contributed by atoms with Crippen LogP contribution >= 0.6 is 0 Å². The van der Waals surface area contributed by atoms with E-state index in [1.807, 2.05) is 18.1 Å². The van der Waals surface area contributed by atoms with Gasteiger partial charge in [0.2, 0.25) is 0 Å². The Hall–Kier alpha value is 0.344. The van der Waals surface area contributed by atoms with Crippen LogP contribution < -0.4 is 0 Å². The summed E-state index contributed by atoms with van der Waals surface area (Å²) in [6.07, 6.45) is 5.34. The second-order valence-electron chi connectivity index (χ2n) is 9.02. The van der Waals surface area contributed by atoms with Crippen molar-refractivity contribution < 1.29 is 0 Å². The fraction of sp³-hybridized carbons (Fsp3) is 0.810. The summed E-state index contributed by atoms with van der Waals surface area (Å²) in [6, 6.07) is 0. The van der Waals surface area contributed by atoms with Gasteiger partial charge in [-0.15, -0.1) is 0 Å². The topological polar surface area (TPSA) is 0 Å². The molecule has 1 rings (SSSR count). The molecule has 0 bridgehead atoms. The van der Waals surface area contributed by atoms with Crippen LogP contribution in [0.3, 0.4) is 0 Å². The van der Waals surface area contributed by atoms with Crippen molar-refractivity contribution in [3.8, 4) is 0 Å². The maximum atomic E-state index is 2.71. The van der Waals surface area contributed by atoms with E-state index >= 15 is 0 Å². The standard InChI is InChI=1S/C19H35B.2CH3.Sn/c1-9-11-13-18(15(3)4)20(17(7)8)19(16(5)6)14-12-10-2;;;/h15-17H,9-12H2,1-8H3;2*1H3;. The third-order valence-corrected chi connectivity index (χ3v) is 17.5. The normalized spacial score (nSPS) is 18.9. The molecule has 132 valence electrons. The number of hydrogen-bond donors (Lipinski definition) is 0. The van der Waals surface area contributed by atoms with E-state index in [9.17, 15) is 0 Å². The molecule has 0 radical (unpaired) electrons. The van der Waals surface area contributed by atoms with Gasteiger partial charge in [0.1, 0.15) is 0 Å². The number of rotatable bonds is 7. The van der Waals surface area contributed by atoms with Crippen LogP contribution in [0.4, 0.5) is 0 Å². The Balaban J connectivity index is 3.72. The van der Waals surface area contributed by atoms with E-state index in [0.29, 0.717) is 18.5 Å². The van der Waals surface area contributed by atoms with Crippen LogP contribution in [0, 0.1) is 11.8 Å². The van der Waals surface area contributed by atoms with Gasteiger partial charge in [0.15, 0.2) is 0 Å². The molecule has 0 aromatic heterocycles. The molecule has 0 saturated carbocycles. The van der Waals surface area contributed by atoms with Crippen LogP contribution in [0.5, 0.6) is 0 Å². The van der Waals surface area contributed by atoms with Crippen molar-refractivity contribution in [3.05, 3.63) is 18.1 Å². The summed E-state index contributed by atoms with van der Waals surface area (Å²) >= 11 is -2.35. The van der Waals surface area contributed by atoms with Crippen LogP contribution in [-0.4, -0.2) is 25.1 Å². The number of allylic oxidation sites excluding steroid dienone is 4. The van der Waals surface area contributed by atoms with E-state index in [0.717, 1.165) is 5.82 Å². The van der Waals surface area contributed by atoms with Crippen molar-refractivity contribution in [2.75, 3.05) is 0 Å². The Morgan fingerprint density at radius 2 is 1.09 bits per heavy atom. The first kappa shape index (κ1) is 21.4. The third kappa shape index (κ3) is 4.31. The molecule has 0 unspecified atom stereocenters. The molecule has 1 heterocycles. The molecule has 23 heavy (non-hydrogen) atoms. The molecule has 0 N–H and O–H groups in total. The zero-order valence-electron chi connectivity index (χ0n) is 17.6. The van der Waals surface area contributed by atoms with E-state index in [1.54, 1.807) is 0 Å². The molecule has 0 spiro atoms. The van der Waals surface area contributed by atoms with E-state index < -0.39 is 18.4 Å². The summed E-state index contributed by atoms with van der Waals surface area (Å²) in [5.41, 5.74) is 3.73. The Morgan fingerprint density at radius 3 is 1.30 bits per heavy atom. The SMILES string of the molecule is CCC[C]1=C(C(C)C)B(C(C)C)C(C(C)C)=[C](CCC)[Sn]1([CH3])[CH3]. The molecule has 0 atom stereocenters. The molecular weight excluding hydrogens is 382 g/mol. The van der Waals surface area contributed by atoms with E-state index in [2.05, 4.69) is 65.3 Å². The molecule has 1 aliphatic rings. The Labute approximate surface area is 151 Å². The second-order valence-corrected chi connectivity index (χ2v) is 21.7. The summed E-state index contributed by atoms with van der Waals surface area (Å²) < 4.78 is 3.95. The molecule has 0 nitrogen and oxygen atoms in total. The average molecular weight is 423 g/mol. The second kappa shape index (κ2) is 8.63. The van der Waals surface area contributed by atoms with Crippen molar-refractivity contribution in [3.63, 3.8) is 0 Å². The van der Waals surface area contributed by atoms with Gasteiger partial charge in [-0.05, 0) is 0 Å². The predicted molar refractivity (Wildman–Crippen MR) is 112 cm³/mol.